The van der Waals surface area contributed by atoms with Crippen LogP contribution in [0.2, 0.25) is 0 Å². The first-order valence-corrected chi connectivity index (χ1v) is 11.8. The summed E-state index contributed by atoms with van der Waals surface area (Å²) >= 11 is 0. The van der Waals surface area contributed by atoms with Crippen molar-refractivity contribution in [3.63, 3.8) is 0 Å². The molecule has 0 radical (unpaired) electrons. The maximum absolute atomic E-state index is 14.7. The number of benzene rings is 2. The van der Waals surface area contributed by atoms with Crippen molar-refractivity contribution in [1.29, 1.82) is 0 Å². The van der Waals surface area contributed by atoms with Gasteiger partial charge in [-0.1, -0.05) is 18.2 Å². The van der Waals surface area contributed by atoms with Gasteiger partial charge in [0.15, 0.2) is 11.6 Å². The third-order valence-electron chi connectivity index (χ3n) is 4.95. The molecule has 1 aliphatic heterocycles. The molecule has 1 fully saturated rings. The normalized spacial score (nSPS) is 14.2. The summed E-state index contributed by atoms with van der Waals surface area (Å²) in [6.45, 7) is 2.52. The lowest BCUT2D eigenvalue weighted by molar-refractivity contribution is 0.122. The summed E-state index contributed by atoms with van der Waals surface area (Å²) in [7, 11) is -3.80. The SMILES string of the molecule is NS(=O)(=O)Cc1ccccc1Nc1nc(Nc2ccc(N3CCOCC3)cc2F)ncc1F. The Balaban J connectivity index is 1.54. The summed E-state index contributed by atoms with van der Waals surface area (Å²) in [5, 5.41) is 10.6. The van der Waals surface area contributed by atoms with Crippen LogP contribution in [0.5, 0.6) is 0 Å². The van der Waals surface area contributed by atoms with E-state index in [9.17, 15) is 17.2 Å². The number of hydrogen-bond acceptors (Lipinski definition) is 8. The molecular formula is C21H22F2N6O3S. The molecule has 0 spiro atoms. The van der Waals surface area contributed by atoms with E-state index in [4.69, 9.17) is 9.88 Å². The van der Waals surface area contributed by atoms with Crippen molar-refractivity contribution in [1.82, 2.24) is 9.97 Å². The van der Waals surface area contributed by atoms with E-state index in [2.05, 4.69) is 20.6 Å². The molecule has 1 saturated heterocycles. The highest BCUT2D eigenvalue weighted by Crippen LogP contribution is 2.27. The molecule has 1 aliphatic rings. The lowest BCUT2D eigenvalue weighted by Crippen LogP contribution is -2.36. The Morgan fingerprint density at radius 1 is 1.03 bits per heavy atom. The zero-order valence-corrected chi connectivity index (χ0v) is 18.3. The molecule has 4 N–H and O–H groups in total. The molecule has 2 aromatic carbocycles. The van der Waals surface area contributed by atoms with Gasteiger partial charge in [-0.05, 0) is 29.8 Å². The number of nitrogens with one attached hydrogen (secondary N) is 2. The van der Waals surface area contributed by atoms with Gasteiger partial charge in [0.25, 0.3) is 0 Å². The highest BCUT2D eigenvalue weighted by atomic mass is 32.2. The zero-order chi connectivity index (χ0) is 23.4. The fraction of sp³-hybridized carbons (Fsp3) is 0.238. The van der Waals surface area contributed by atoms with Crippen LogP contribution in [0.25, 0.3) is 0 Å². The van der Waals surface area contributed by atoms with Crippen molar-refractivity contribution in [3.05, 3.63) is 65.9 Å². The number of sulfonamides is 1. The van der Waals surface area contributed by atoms with E-state index in [1.165, 1.54) is 6.07 Å². The molecule has 33 heavy (non-hydrogen) atoms. The predicted octanol–water partition coefficient (Wildman–Crippen LogP) is 2.87. The summed E-state index contributed by atoms with van der Waals surface area (Å²) in [4.78, 5) is 9.96. The number of para-hydroxylation sites is 1. The number of anilines is 5. The molecule has 0 aliphatic carbocycles. The Morgan fingerprint density at radius 2 is 1.79 bits per heavy atom. The molecule has 0 atom stereocenters. The largest absolute Gasteiger partial charge is 0.378 e. The summed E-state index contributed by atoms with van der Waals surface area (Å²) in [6.07, 6.45) is 0.931. The minimum atomic E-state index is -3.80. The van der Waals surface area contributed by atoms with E-state index in [1.54, 1.807) is 36.4 Å². The van der Waals surface area contributed by atoms with E-state index in [-0.39, 0.29) is 17.5 Å². The van der Waals surface area contributed by atoms with Gasteiger partial charge in [-0.2, -0.15) is 4.98 Å². The minimum absolute atomic E-state index is 0.0409. The minimum Gasteiger partial charge on any atom is -0.378 e. The van der Waals surface area contributed by atoms with Gasteiger partial charge in [0, 0.05) is 24.5 Å². The molecule has 174 valence electrons. The fourth-order valence-corrected chi connectivity index (χ4v) is 4.06. The van der Waals surface area contributed by atoms with Crippen LogP contribution >= 0.6 is 0 Å². The summed E-state index contributed by atoms with van der Waals surface area (Å²) in [5.74, 6) is -1.97. The number of nitrogens with zero attached hydrogens (tertiary/aromatic N) is 3. The number of nitrogens with two attached hydrogens (primary N) is 1. The quantitative estimate of drug-likeness (QED) is 0.476. The van der Waals surface area contributed by atoms with Crippen LogP contribution < -0.4 is 20.7 Å². The second-order valence-corrected chi connectivity index (χ2v) is 8.98. The van der Waals surface area contributed by atoms with Crippen molar-refractivity contribution in [2.24, 2.45) is 5.14 Å². The summed E-state index contributed by atoms with van der Waals surface area (Å²) < 4.78 is 57.3. The molecule has 0 amide bonds. The third-order valence-corrected chi connectivity index (χ3v) is 5.66. The lowest BCUT2D eigenvalue weighted by Gasteiger charge is -2.29. The molecular weight excluding hydrogens is 454 g/mol. The second kappa shape index (κ2) is 9.65. The van der Waals surface area contributed by atoms with Gasteiger partial charge in [0.2, 0.25) is 16.0 Å². The summed E-state index contributed by atoms with van der Waals surface area (Å²) in [5.41, 5.74) is 1.52. The molecule has 3 aromatic rings. The third kappa shape index (κ3) is 5.92. The lowest BCUT2D eigenvalue weighted by atomic mass is 10.2. The smallest absolute Gasteiger partial charge is 0.229 e. The molecule has 1 aromatic heterocycles. The van der Waals surface area contributed by atoms with Crippen molar-refractivity contribution < 1.29 is 21.9 Å². The highest BCUT2D eigenvalue weighted by Gasteiger charge is 2.16. The Bertz CT molecular complexity index is 1250. The van der Waals surface area contributed by atoms with E-state index in [0.717, 1.165) is 11.9 Å². The molecule has 0 saturated carbocycles. The van der Waals surface area contributed by atoms with Gasteiger partial charge in [-0.15, -0.1) is 0 Å². The maximum atomic E-state index is 14.7. The molecule has 0 unspecified atom stereocenters. The number of aromatic nitrogens is 2. The number of rotatable bonds is 7. The van der Waals surface area contributed by atoms with Crippen molar-refractivity contribution in [3.8, 4) is 0 Å². The predicted molar refractivity (Wildman–Crippen MR) is 121 cm³/mol. The van der Waals surface area contributed by atoms with Crippen LogP contribution in [0.4, 0.5) is 37.6 Å². The molecule has 9 nitrogen and oxygen atoms in total. The zero-order valence-electron chi connectivity index (χ0n) is 17.5. The molecule has 4 rings (SSSR count). The first-order chi connectivity index (χ1) is 15.8. The van der Waals surface area contributed by atoms with Crippen LogP contribution in [0.3, 0.4) is 0 Å². The van der Waals surface area contributed by atoms with Gasteiger partial charge < -0.3 is 20.3 Å². The van der Waals surface area contributed by atoms with Crippen molar-refractivity contribution >= 4 is 38.9 Å². The van der Waals surface area contributed by atoms with E-state index < -0.39 is 27.4 Å². The van der Waals surface area contributed by atoms with Crippen LogP contribution in [0.15, 0.2) is 48.7 Å². The first kappa shape index (κ1) is 22.8. The summed E-state index contributed by atoms with van der Waals surface area (Å²) in [6, 6.07) is 11.1. The van der Waals surface area contributed by atoms with Gasteiger partial charge in [-0.25, -0.2) is 27.3 Å². The topological polar surface area (TPSA) is 122 Å². The van der Waals surface area contributed by atoms with Gasteiger partial charge in [0.05, 0.1) is 30.9 Å². The number of hydrogen-bond donors (Lipinski definition) is 3. The Hall–Kier alpha value is -3.35. The van der Waals surface area contributed by atoms with Crippen molar-refractivity contribution in [2.45, 2.75) is 5.75 Å². The Kier molecular flexibility index (Phi) is 6.67. The Labute approximate surface area is 189 Å². The van der Waals surface area contributed by atoms with E-state index in [0.29, 0.717) is 37.6 Å². The first-order valence-electron chi connectivity index (χ1n) is 10.1. The maximum Gasteiger partial charge on any atom is 0.229 e. The highest BCUT2D eigenvalue weighted by molar-refractivity contribution is 7.88. The van der Waals surface area contributed by atoms with Gasteiger partial charge in [0.1, 0.15) is 5.82 Å². The van der Waals surface area contributed by atoms with Gasteiger partial charge >= 0.3 is 0 Å². The van der Waals surface area contributed by atoms with Crippen LogP contribution in [0.1, 0.15) is 5.56 Å². The molecule has 2 heterocycles. The molecule has 0 bridgehead atoms. The van der Waals surface area contributed by atoms with Crippen LogP contribution in [-0.4, -0.2) is 44.7 Å². The van der Waals surface area contributed by atoms with Crippen molar-refractivity contribution in [2.75, 3.05) is 41.8 Å². The second-order valence-electron chi connectivity index (χ2n) is 7.37. The average molecular weight is 477 g/mol. The average Bonchev–Trinajstić information content (AvgIpc) is 2.78. The van der Waals surface area contributed by atoms with Crippen LogP contribution in [0, 0.1) is 11.6 Å². The number of halogens is 2. The monoisotopic (exact) mass is 476 g/mol. The standard InChI is InChI=1S/C21H22F2N6O3S/c22-16-11-15(29-7-9-32-10-8-29)5-6-19(16)27-21-25-12-17(23)20(28-21)26-18-4-2-1-3-14(18)13-33(24,30)31/h1-6,11-12H,7-10,13H2,(H2,24,30,31)(H2,25,26,27,28). The fourth-order valence-electron chi connectivity index (χ4n) is 3.37. The van der Waals surface area contributed by atoms with E-state index >= 15 is 0 Å². The van der Waals surface area contributed by atoms with Gasteiger partial charge in [-0.3, -0.25) is 0 Å². The number of morpholine rings is 1. The molecule has 12 heteroatoms. The van der Waals surface area contributed by atoms with Crippen LogP contribution in [-0.2, 0) is 20.5 Å². The number of primary sulfonamides is 1. The Morgan fingerprint density at radius 3 is 2.52 bits per heavy atom. The van der Waals surface area contributed by atoms with E-state index in [1.807, 2.05) is 4.90 Å². The number of ether oxygens (including phenoxy) is 1.